The fraction of sp³-hybridized carbons (Fsp3) is 1.00. The highest BCUT2D eigenvalue weighted by molar-refractivity contribution is 4.77. The Labute approximate surface area is 106 Å². The van der Waals surface area contributed by atoms with Gasteiger partial charge in [0.25, 0.3) is 0 Å². The lowest BCUT2D eigenvalue weighted by molar-refractivity contribution is 0.107. The Hall–Kier alpha value is -0.0800. The van der Waals surface area contributed by atoms with Crippen molar-refractivity contribution >= 4 is 0 Å². The van der Waals surface area contributed by atoms with E-state index in [4.69, 9.17) is 0 Å². The summed E-state index contributed by atoms with van der Waals surface area (Å²) in [5, 5.41) is 13.3. The molecule has 2 rings (SSSR count). The highest BCUT2D eigenvalue weighted by atomic mass is 16.3. The molecule has 0 bridgehead atoms. The molecule has 0 amide bonds. The summed E-state index contributed by atoms with van der Waals surface area (Å²) in [5.74, 6) is 1.76. The van der Waals surface area contributed by atoms with Crippen LogP contribution in [0.5, 0.6) is 0 Å². The predicted molar refractivity (Wildman–Crippen MR) is 72.0 cm³/mol. The van der Waals surface area contributed by atoms with Gasteiger partial charge in [0.2, 0.25) is 0 Å². The van der Waals surface area contributed by atoms with Gasteiger partial charge < -0.3 is 10.4 Å². The Morgan fingerprint density at radius 2 is 1.71 bits per heavy atom. The highest BCUT2D eigenvalue weighted by Crippen LogP contribution is 2.25. The second-order valence-corrected chi connectivity index (χ2v) is 6.39. The molecule has 2 saturated carbocycles. The molecule has 2 aliphatic carbocycles. The van der Waals surface area contributed by atoms with Crippen molar-refractivity contribution in [2.75, 3.05) is 6.54 Å². The minimum Gasteiger partial charge on any atom is -0.393 e. The molecule has 0 radical (unpaired) electrons. The van der Waals surface area contributed by atoms with E-state index >= 15 is 0 Å². The molecular formula is C15H29NO. The van der Waals surface area contributed by atoms with Crippen LogP contribution in [-0.2, 0) is 0 Å². The van der Waals surface area contributed by atoms with Crippen LogP contribution in [0, 0.1) is 11.8 Å². The van der Waals surface area contributed by atoms with Gasteiger partial charge in [0, 0.05) is 6.04 Å². The van der Waals surface area contributed by atoms with Crippen molar-refractivity contribution in [3.63, 3.8) is 0 Å². The average Bonchev–Trinajstić information content (AvgIpc) is 2.54. The standard InChI is InChI=1S/C15H29NO/c1-12-3-2-4-14(8-5-12)16-11-13-6-9-15(17)10-7-13/h12-17H,2-11H2,1H3. The van der Waals surface area contributed by atoms with Crippen molar-refractivity contribution in [2.24, 2.45) is 11.8 Å². The molecule has 2 atom stereocenters. The van der Waals surface area contributed by atoms with Crippen LogP contribution in [0.3, 0.4) is 0 Å². The van der Waals surface area contributed by atoms with Crippen LogP contribution >= 0.6 is 0 Å². The number of rotatable bonds is 3. The number of hydrogen-bond donors (Lipinski definition) is 2. The van der Waals surface area contributed by atoms with E-state index in [0.717, 1.165) is 30.7 Å². The lowest BCUT2D eigenvalue weighted by atomic mass is 9.87. The zero-order valence-corrected chi connectivity index (χ0v) is 11.3. The molecule has 0 saturated heterocycles. The summed E-state index contributed by atoms with van der Waals surface area (Å²) in [6.07, 6.45) is 11.5. The first-order valence-corrected chi connectivity index (χ1v) is 7.65. The van der Waals surface area contributed by atoms with E-state index in [1.54, 1.807) is 0 Å². The fourth-order valence-corrected chi connectivity index (χ4v) is 3.37. The van der Waals surface area contributed by atoms with E-state index in [1.165, 1.54) is 51.5 Å². The van der Waals surface area contributed by atoms with Crippen LogP contribution in [0.15, 0.2) is 0 Å². The second kappa shape index (κ2) is 6.75. The first-order chi connectivity index (χ1) is 8.24. The topological polar surface area (TPSA) is 32.3 Å². The maximum absolute atomic E-state index is 9.49. The summed E-state index contributed by atoms with van der Waals surface area (Å²) in [6.45, 7) is 3.58. The van der Waals surface area contributed by atoms with Gasteiger partial charge in [-0.25, -0.2) is 0 Å². The van der Waals surface area contributed by atoms with Crippen LogP contribution in [0.25, 0.3) is 0 Å². The molecular weight excluding hydrogens is 210 g/mol. The summed E-state index contributed by atoms with van der Waals surface area (Å²) >= 11 is 0. The van der Waals surface area contributed by atoms with Crippen molar-refractivity contribution in [3.8, 4) is 0 Å². The molecule has 0 aromatic carbocycles. The molecule has 0 heterocycles. The normalized spacial score (nSPS) is 39.9. The van der Waals surface area contributed by atoms with Gasteiger partial charge >= 0.3 is 0 Å². The van der Waals surface area contributed by atoms with E-state index in [2.05, 4.69) is 12.2 Å². The first-order valence-electron chi connectivity index (χ1n) is 7.65. The largest absolute Gasteiger partial charge is 0.393 e. The molecule has 0 spiro atoms. The van der Waals surface area contributed by atoms with Crippen molar-refractivity contribution < 1.29 is 5.11 Å². The predicted octanol–water partition coefficient (Wildman–Crippen LogP) is 3.10. The Bertz CT molecular complexity index is 211. The first kappa shape index (κ1) is 13.4. The van der Waals surface area contributed by atoms with Gasteiger partial charge in [-0.3, -0.25) is 0 Å². The summed E-state index contributed by atoms with van der Waals surface area (Å²) in [7, 11) is 0. The molecule has 2 aliphatic rings. The van der Waals surface area contributed by atoms with E-state index in [1.807, 2.05) is 0 Å². The minimum absolute atomic E-state index is 0.00928. The monoisotopic (exact) mass is 239 g/mol. The number of aliphatic hydroxyl groups is 1. The van der Waals surface area contributed by atoms with Gasteiger partial charge in [0.15, 0.2) is 0 Å². The van der Waals surface area contributed by atoms with Crippen LogP contribution in [0.4, 0.5) is 0 Å². The Morgan fingerprint density at radius 1 is 0.941 bits per heavy atom. The highest BCUT2D eigenvalue weighted by Gasteiger charge is 2.21. The lowest BCUT2D eigenvalue weighted by Crippen LogP contribution is -2.35. The van der Waals surface area contributed by atoms with Gasteiger partial charge in [-0.1, -0.05) is 19.8 Å². The van der Waals surface area contributed by atoms with Crippen molar-refractivity contribution in [3.05, 3.63) is 0 Å². The summed E-state index contributed by atoms with van der Waals surface area (Å²) in [6, 6.07) is 0.770. The van der Waals surface area contributed by atoms with Gasteiger partial charge in [-0.15, -0.1) is 0 Å². The Kier molecular flexibility index (Phi) is 5.30. The van der Waals surface area contributed by atoms with Crippen molar-refractivity contribution in [1.29, 1.82) is 0 Å². The van der Waals surface area contributed by atoms with Crippen LogP contribution in [0.2, 0.25) is 0 Å². The average molecular weight is 239 g/mol. The third-order valence-corrected chi connectivity index (χ3v) is 4.77. The molecule has 2 N–H and O–H groups in total. The van der Waals surface area contributed by atoms with Crippen molar-refractivity contribution in [1.82, 2.24) is 5.32 Å². The van der Waals surface area contributed by atoms with E-state index < -0.39 is 0 Å². The van der Waals surface area contributed by atoms with Crippen molar-refractivity contribution in [2.45, 2.75) is 76.9 Å². The maximum atomic E-state index is 9.49. The van der Waals surface area contributed by atoms with E-state index in [-0.39, 0.29) is 6.10 Å². The molecule has 2 fully saturated rings. The Morgan fingerprint density at radius 3 is 2.47 bits per heavy atom. The van der Waals surface area contributed by atoms with Crippen LogP contribution in [0.1, 0.15) is 64.7 Å². The smallest absolute Gasteiger partial charge is 0.0540 e. The molecule has 2 nitrogen and oxygen atoms in total. The second-order valence-electron chi connectivity index (χ2n) is 6.39. The quantitative estimate of drug-likeness (QED) is 0.742. The van der Waals surface area contributed by atoms with Gasteiger partial charge in [-0.05, 0) is 63.3 Å². The number of aliphatic hydroxyl groups excluding tert-OH is 1. The Balaban J connectivity index is 1.64. The van der Waals surface area contributed by atoms with Gasteiger partial charge in [0.1, 0.15) is 0 Å². The summed E-state index contributed by atoms with van der Waals surface area (Å²) in [4.78, 5) is 0. The zero-order valence-electron chi connectivity index (χ0n) is 11.3. The number of hydrogen-bond acceptors (Lipinski definition) is 2. The molecule has 2 unspecified atom stereocenters. The maximum Gasteiger partial charge on any atom is 0.0540 e. The third-order valence-electron chi connectivity index (χ3n) is 4.77. The van der Waals surface area contributed by atoms with Gasteiger partial charge in [0.05, 0.1) is 6.10 Å². The van der Waals surface area contributed by atoms with E-state index in [0.29, 0.717) is 0 Å². The van der Waals surface area contributed by atoms with E-state index in [9.17, 15) is 5.11 Å². The van der Waals surface area contributed by atoms with Gasteiger partial charge in [-0.2, -0.15) is 0 Å². The van der Waals surface area contributed by atoms with Crippen LogP contribution < -0.4 is 5.32 Å². The molecule has 0 aliphatic heterocycles. The SMILES string of the molecule is CC1CCCC(NCC2CCC(O)CC2)CC1. The minimum atomic E-state index is -0.00928. The third kappa shape index (κ3) is 4.59. The summed E-state index contributed by atoms with van der Waals surface area (Å²) in [5.41, 5.74) is 0. The molecule has 0 aromatic heterocycles. The molecule has 17 heavy (non-hydrogen) atoms. The molecule has 0 aromatic rings. The summed E-state index contributed by atoms with van der Waals surface area (Å²) < 4.78 is 0. The molecule has 2 heteroatoms. The van der Waals surface area contributed by atoms with Crippen LogP contribution in [-0.4, -0.2) is 23.8 Å². The zero-order chi connectivity index (χ0) is 12.1. The lowest BCUT2D eigenvalue weighted by Gasteiger charge is -2.27. The fourth-order valence-electron chi connectivity index (χ4n) is 3.37. The molecule has 100 valence electrons. The number of nitrogens with one attached hydrogen (secondary N) is 1.